The Bertz CT molecular complexity index is 582. The van der Waals surface area contributed by atoms with Crippen LogP contribution in [0.2, 0.25) is 0 Å². The molecule has 0 saturated carbocycles. The highest BCUT2D eigenvalue weighted by Crippen LogP contribution is 2.41. The number of hydrogen-bond donors (Lipinski definition) is 6. The molecule has 2 rings (SSSR count). The van der Waals surface area contributed by atoms with Gasteiger partial charge in [-0.15, -0.1) is 0 Å². The number of nitrogens with one attached hydrogen (secondary N) is 1. The number of amides is 1. The number of carboxylic acid groups (broad SMARTS) is 1. The zero-order valence-corrected chi connectivity index (χ0v) is 16.4. The first-order valence-corrected chi connectivity index (χ1v) is 9.21. The number of aliphatic carboxylic acids is 1. The Balaban J connectivity index is 2.16. The zero-order valence-electron chi connectivity index (χ0n) is 16.4. The van der Waals surface area contributed by atoms with Crippen molar-refractivity contribution >= 4 is 11.9 Å². The summed E-state index contributed by atoms with van der Waals surface area (Å²) in [7, 11) is 1.17. The van der Waals surface area contributed by atoms with Crippen molar-refractivity contribution in [2.45, 2.75) is 74.8 Å². The molecular formula is C17H29NO11. The monoisotopic (exact) mass is 423 g/mol. The third kappa shape index (κ3) is 4.70. The van der Waals surface area contributed by atoms with Gasteiger partial charge in [0.25, 0.3) is 0 Å². The maximum Gasteiger partial charge on any atom is 0.339 e. The van der Waals surface area contributed by atoms with Gasteiger partial charge in [-0.3, -0.25) is 4.79 Å². The molecule has 2 heterocycles. The average Bonchev–Trinajstić information content (AvgIpc) is 2.63. The van der Waals surface area contributed by atoms with Crippen molar-refractivity contribution in [3.05, 3.63) is 0 Å². The van der Waals surface area contributed by atoms with Crippen molar-refractivity contribution in [3.8, 4) is 0 Å². The molecule has 0 aromatic rings. The normalized spacial score (nSPS) is 39.3. The summed E-state index contributed by atoms with van der Waals surface area (Å²) in [5.74, 6) is -1.81. The number of hydrogen-bond acceptors (Lipinski definition) is 10. The maximum absolute atomic E-state index is 11.8. The van der Waals surface area contributed by atoms with Crippen LogP contribution in [0.5, 0.6) is 0 Å². The molecule has 2 aliphatic heterocycles. The van der Waals surface area contributed by atoms with Gasteiger partial charge in [0, 0.05) is 20.5 Å². The topological polar surface area (TPSA) is 184 Å². The smallest absolute Gasteiger partial charge is 0.339 e. The van der Waals surface area contributed by atoms with Crippen molar-refractivity contribution in [2.24, 2.45) is 0 Å². The highest BCUT2D eigenvalue weighted by molar-refractivity contribution is 5.79. The molecule has 0 aromatic carbocycles. The van der Waals surface area contributed by atoms with E-state index in [9.17, 15) is 30.0 Å². The van der Waals surface area contributed by atoms with Gasteiger partial charge in [0.1, 0.15) is 30.5 Å². The highest BCUT2D eigenvalue weighted by atomic mass is 16.7. The van der Waals surface area contributed by atoms with E-state index in [2.05, 4.69) is 5.32 Å². The van der Waals surface area contributed by atoms with E-state index < -0.39 is 79.6 Å². The van der Waals surface area contributed by atoms with Gasteiger partial charge in [-0.1, -0.05) is 0 Å². The van der Waals surface area contributed by atoms with Gasteiger partial charge in [-0.2, -0.15) is 0 Å². The van der Waals surface area contributed by atoms with Crippen molar-refractivity contribution < 1.29 is 54.1 Å². The lowest BCUT2D eigenvalue weighted by Crippen LogP contribution is -2.70. The van der Waals surface area contributed by atoms with Gasteiger partial charge < -0.3 is 49.8 Å². The lowest BCUT2D eigenvalue weighted by atomic mass is 9.84. The second kappa shape index (κ2) is 9.62. The second-order valence-corrected chi connectivity index (χ2v) is 7.23. The number of aliphatic hydroxyl groups excluding tert-OH is 4. The van der Waals surface area contributed by atoms with E-state index in [-0.39, 0.29) is 6.42 Å². The summed E-state index contributed by atoms with van der Waals surface area (Å²) in [5.41, 5.74) is -1.96. The molecule has 0 aromatic heterocycles. The van der Waals surface area contributed by atoms with Crippen LogP contribution in [0.3, 0.4) is 0 Å². The number of aliphatic hydroxyl groups is 4. The van der Waals surface area contributed by atoms with Crippen LogP contribution in [0.25, 0.3) is 0 Å². The lowest BCUT2D eigenvalue weighted by Gasteiger charge is -2.51. The molecule has 9 unspecified atom stereocenters. The average molecular weight is 423 g/mol. The highest BCUT2D eigenvalue weighted by Gasteiger charge is 2.61. The SMILES string of the molecule is COC(C(O)CO)C1(C(=O)O)CC(OC2C(O)C(CO)OC(C)C2NC(C)=O)O1. The van der Waals surface area contributed by atoms with Gasteiger partial charge in [0.2, 0.25) is 11.5 Å². The standard InChI is InChI=1S/C17H29NO11/c1-7-12(18-8(2)21)14(13(23)10(6-20)27-7)28-11-4-17(29-11,16(24)25)15(26-3)9(22)5-19/h7,9-15,19-20,22-23H,4-6H2,1-3H3,(H,18,21)(H,24,25). The van der Waals surface area contributed by atoms with Crippen LogP contribution in [0.4, 0.5) is 0 Å². The predicted octanol–water partition coefficient (Wildman–Crippen LogP) is -3.05. The fourth-order valence-corrected chi connectivity index (χ4v) is 3.80. The number of carboxylic acids is 1. The fraction of sp³-hybridized carbons (Fsp3) is 0.882. The summed E-state index contributed by atoms with van der Waals surface area (Å²) in [6.07, 6.45) is -8.17. The van der Waals surface area contributed by atoms with Crippen molar-refractivity contribution in [1.82, 2.24) is 5.32 Å². The summed E-state index contributed by atoms with van der Waals surface area (Å²) in [5, 5.41) is 51.1. The molecule has 168 valence electrons. The maximum atomic E-state index is 11.8. The third-order valence-electron chi connectivity index (χ3n) is 5.25. The van der Waals surface area contributed by atoms with E-state index in [4.69, 9.17) is 24.1 Å². The first kappa shape index (κ1) is 23.9. The van der Waals surface area contributed by atoms with Crippen molar-refractivity contribution in [2.75, 3.05) is 20.3 Å². The van der Waals surface area contributed by atoms with Crippen LogP contribution < -0.4 is 5.32 Å². The number of carbonyl (C=O) groups is 2. The van der Waals surface area contributed by atoms with Gasteiger partial charge in [-0.05, 0) is 6.92 Å². The summed E-state index contributed by atoms with van der Waals surface area (Å²) in [4.78, 5) is 23.3. The molecule has 0 bridgehead atoms. The Labute approximate surface area is 167 Å². The number of methoxy groups -OCH3 is 1. The lowest BCUT2D eigenvalue weighted by molar-refractivity contribution is -0.360. The number of ether oxygens (including phenoxy) is 4. The molecule has 12 nitrogen and oxygen atoms in total. The molecule has 0 spiro atoms. The molecular weight excluding hydrogens is 394 g/mol. The molecule has 29 heavy (non-hydrogen) atoms. The van der Waals surface area contributed by atoms with Crippen LogP contribution in [-0.2, 0) is 28.5 Å². The largest absolute Gasteiger partial charge is 0.479 e. The van der Waals surface area contributed by atoms with E-state index >= 15 is 0 Å². The Kier molecular flexibility index (Phi) is 7.93. The third-order valence-corrected chi connectivity index (χ3v) is 5.25. The molecule has 12 heteroatoms. The van der Waals surface area contributed by atoms with Gasteiger partial charge >= 0.3 is 5.97 Å². The minimum absolute atomic E-state index is 0.243. The van der Waals surface area contributed by atoms with Gasteiger partial charge in [0.05, 0.1) is 25.4 Å². The van der Waals surface area contributed by atoms with E-state index in [0.717, 1.165) is 0 Å². The molecule has 2 aliphatic rings. The van der Waals surface area contributed by atoms with E-state index in [1.165, 1.54) is 14.0 Å². The van der Waals surface area contributed by atoms with Crippen LogP contribution in [0.15, 0.2) is 0 Å². The molecule has 1 amide bonds. The Hall–Kier alpha value is -1.38. The second-order valence-electron chi connectivity index (χ2n) is 7.23. The summed E-state index contributed by atoms with van der Waals surface area (Å²) >= 11 is 0. The Morgan fingerprint density at radius 2 is 1.97 bits per heavy atom. The minimum atomic E-state index is -1.96. The molecule has 2 saturated heterocycles. The molecule has 2 fully saturated rings. The van der Waals surface area contributed by atoms with E-state index in [1.54, 1.807) is 6.92 Å². The Morgan fingerprint density at radius 1 is 1.34 bits per heavy atom. The summed E-state index contributed by atoms with van der Waals surface area (Å²) in [6, 6.07) is -0.782. The van der Waals surface area contributed by atoms with Crippen LogP contribution >= 0.6 is 0 Å². The molecule has 0 aliphatic carbocycles. The first-order valence-electron chi connectivity index (χ1n) is 9.21. The molecule has 6 N–H and O–H groups in total. The quantitative estimate of drug-likeness (QED) is 0.221. The van der Waals surface area contributed by atoms with Gasteiger partial charge in [0.15, 0.2) is 6.29 Å². The molecule has 0 radical (unpaired) electrons. The summed E-state index contributed by atoms with van der Waals surface area (Å²) < 4.78 is 21.7. The first-order chi connectivity index (χ1) is 13.6. The molecule has 9 atom stereocenters. The van der Waals surface area contributed by atoms with Crippen molar-refractivity contribution in [1.29, 1.82) is 0 Å². The van der Waals surface area contributed by atoms with Gasteiger partial charge in [-0.25, -0.2) is 4.79 Å². The number of rotatable bonds is 9. The van der Waals surface area contributed by atoms with E-state index in [1.807, 2.05) is 0 Å². The number of carbonyl (C=O) groups excluding carboxylic acids is 1. The van der Waals surface area contributed by atoms with Crippen LogP contribution in [0, 0.1) is 0 Å². The van der Waals surface area contributed by atoms with Crippen LogP contribution in [-0.4, -0.2) is 112 Å². The van der Waals surface area contributed by atoms with Crippen LogP contribution in [0.1, 0.15) is 20.3 Å². The Morgan fingerprint density at radius 3 is 2.41 bits per heavy atom. The fourth-order valence-electron chi connectivity index (χ4n) is 3.80. The predicted molar refractivity (Wildman–Crippen MR) is 93.7 cm³/mol. The minimum Gasteiger partial charge on any atom is -0.479 e. The van der Waals surface area contributed by atoms with Crippen molar-refractivity contribution in [3.63, 3.8) is 0 Å². The zero-order chi connectivity index (χ0) is 21.9. The summed E-state index contributed by atoms with van der Waals surface area (Å²) in [6.45, 7) is 1.69. The van der Waals surface area contributed by atoms with E-state index in [0.29, 0.717) is 0 Å².